The Kier molecular flexibility index (Phi) is 3.94. The van der Waals surface area contributed by atoms with E-state index in [9.17, 15) is 9.59 Å². The Balaban J connectivity index is 2.33. The summed E-state index contributed by atoms with van der Waals surface area (Å²) in [6, 6.07) is 6.98. The summed E-state index contributed by atoms with van der Waals surface area (Å²) in [6.45, 7) is 0.530. The molecule has 0 fully saturated rings. The van der Waals surface area contributed by atoms with Crippen LogP contribution in [0.2, 0.25) is 0 Å². The minimum absolute atomic E-state index is 0.142. The first-order valence-corrected chi connectivity index (χ1v) is 6.07. The van der Waals surface area contributed by atoms with Gasteiger partial charge in [-0.15, -0.1) is 0 Å². The Bertz CT molecular complexity index is 642. The summed E-state index contributed by atoms with van der Waals surface area (Å²) >= 11 is 0. The largest absolute Gasteiger partial charge is 0.396 e. The zero-order valence-corrected chi connectivity index (χ0v) is 10.1. The van der Waals surface area contributed by atoms with Crippen LogP contribution in [-0.4, -0.2) is 21.3 Å². The number of aromatic nitrogens is 2. The van der Waals surface area contributed by atoms with Crippen molar-refractivity contribution in [2.24, 2.45) is 0 Å². The molecule has 1 aromatic carbocycles. The average Bonchev–Trinajstić information content (AvgIpc) is 2.38. The van der Waals surface area contributed by atoms with E-state index in [4.69, 9.17) is 5.11 Å². The first-order valence-electron chi connectivity index (χ1n) is 6.07. The van der Waals surface area contributed by atoms with Crippen molar-refractivity contribution < 1.29 is 5.11 Å². The average molecular weight is 248 g/mol. The first-order chi connectivity index (χ1) is 8.74. The van der Waals surface area contributed by atoms with Gasteiger partial charge >= 0.3 is 5.69 Å². The normalized spacial score (nSPS) is 10.9. The number of hydrogen-bond acceptors (Lipinski definition) is 3. The summed E-state index contributed by atoms with van der Waals surface area (Å²) in [5.41, 5.74) is -0.0554. The minimum atomic E-state index is -0.373. The van der Waals surface area contributed by atoms with Gasteiger partial charge in [0.25, 0.3) is 5.56 Å². The Labute approximate surface area is 104 Å². The number of aromatic amines is 1. The Morgan fingerprint density at radius 3 is 2.67 bits per heavy atom. The maximum atomic E-state index is 12.1. The van der Waals surface area contributed by atoms with E-state index in [1.165, 1.54) is 4.57 Å². The zero-order valence-electron chi connectivity index (χ0n) is 10.1. The van der Waals surface area contributed by atoms with Crippen LogP contribution in [0.4, 0.5) is 0 Å². The number of aliphatic hydroxyl groups is 1. The number of H-pyrrole nitrogens is 1. The van der Waals surface area contributed by atoms with Crippen molar-refractivity contribution in [2.45, 2.75) is 25.8 Å². The maximum Gasteiger partial charge on any atom is 0.328 e. The standard InChI is InChI=1S/C13H16N2O3/c16-9-5-1-4-8-15-12(17)10-6-2-3-7-11(10)14-13(15)18/h2-3,6-7,16H,1,4-5,8-9H2,(H,14,18). The van der Waals surface area contributed by atoms with Gasteiger partial charge in [-0.2, -0.15) is 0 Å². The number of benzene rings is 1. The fourth-order valence-corrected chi connectivity index (χ4v) is 1.96. The summed E-state index contributed by atoms with van der Waals surface area (Å²) < 4.78 is 1.22. The third-order valence-corrected chi connectivity index (χ3v) is 2.93. The smallest absolute Gasteiger partial charge is 0.328 e. The molecule has 0 aliphatic heterocycles. The molecule has 0 radical (unpaired) electrons. The van der Waals surface area contributed by atoms with Gasteiger partial charge in [-0.1, -0.05) is 12.1 Å². The lowest BCUT2D eigenvalue weighted by Crippen LogP contribution is -2.35. The highest BCUT2D eigenvalue weighted by Gasteiger charge is 2.06. The van der Waals surface area contributed by atoms with Gasteiger partial charge in [0.2, 0.25) is 0 Å². The molecule has 1 heterocycles. The topological polar surface area (TPSA) is 75.1 Å². The Hall–Kier alpha value is -1.88. The van der Waals surface area contributed by atoms with E-state index in [2.05, 4.69) is 4.98 Å². The van der Waals surface area contributed by atoms with Gasteiger partial charge in [-0.3, -0.25) is 9.36 Å². The van der Waals surface area contributed by atoms with E-state index in [0.717, 1.165) is 6.42 Å². The van der Waals surface area contributed by atoms with Crippen LogP contribution < -0.4 is 11.2 Å². The van der Waals surface area contributed by atoms with E-state index in [1.807, 2.05) is 0 Å². The van der Waals surface area contributed by atoms with E-state index in [0.29, 0.717) is 30.3 Å². The molecular weight excluding hydrogens is 232 g/mol. The van der Waals surface area contributed by atoms with Crippen molar-refractivity contribution in [3.8, 4) is 0 Å². The molecule has 0 bridgehead atoms. The molecule has 1 aromatic heterocycles. The molecule has 0 unspecified atom stereocenters. The fourth-order valence-electron chi connectivity index (χ4n) is 1.96. The quantitative estimate of drug-likeness (QED) is 0.770. The Morgan fingerprint density at radius 2 is 1.89 bits per heavy atom. The number of fused-ring (bicyclic) bond motifs is 1. The van der Waals surface area contributed by atoms with Crippen molar-refractivity contribution in [3.05, 3.63) is 45.1 Å². The molecule has 2 rings (SSSR count). The lowest BCUT2D eigenvalue weighted by Gasteiger charge is -2.05. The molecule has 0 amide bonds. The molecule has 0 saturated carbocycles. The number of nitrogens with one attached hydrogen (secondary N) is 1. The van der Waals surface area contributed by atoms with Gasteiger partial charge in [0.1, 0.15) is 0 Å². The predicted molar refractivity (Wildman–Crippen MR) is 69.8 cm³/mol. The third kappa shape index (κ3) is 2.51. The molecule has 0 aliphatic carbocycles. The molecule has 0 saturated heterocycles. The first kappa shape index (κ1) is 12.6. The molecule has 5 nitrogen and oxygen atoms in total. The summed E-state index contributed by atoms with van der Waals surface area (Å²) in [5, 5.41) is 9.20. The minimum Gasteiger partial charge on any atom is -0.396 e. The number of rotatable bonds is 5. The van der Waals surface area contributed by atoms with Crippen LogP contribution >= 0.6 is 0 Å². The molecule has 5 heteroatoms. The van der Waals surface area contributed by atoms with Crippen LogP contribution in [0.3, 0.4) is 0 Å². The van der Waals surface area contributed by atoms with Crippen LogP contribution in [0.15, 0.2) is 33.9 Å². The van der Waals surface area contributed by atoms with Gasteiger partial charge in [-0.05, 0) is 31.4 Å². The second kappa shape index (κ2) is 5.64. The van der Waals surface area contributed by atoms with Crippen molar-refractivity contribution in [2.75, 3.05) is 6.61 Å². The summed E-state index contributed by atoms with van der Waals surface area (Å²) in [4.78, 5) is 26.6. The highest BCUT2D eigenvalue weighted by Crippen LogP contribution is 2.03. The van der Waals surface area contributed by atoms with E-state index >= 15 is 0 Å². The molecule has 18 heavy (non-hydrogen) atoms. The highest BCUT2D eigenvalue weighted by atomic mass is 16.3. The van der Waals surface area contributed by atoms with Crippen LogP contribution in [0.25, 0.3) is 10.9 Å². The monoisotopic (exact) mass is 248 g/mol. The Morgan fingerprint density at radius 1 is 1.11 bits per heavy atom. The summed E-state index contributed by atoms with van der Waals surface area (Å²) in [7, 11) is 0. The number of para-hydroxylation sites is 1. The molecule has 2 N–H and O–H groups in total. The van der Waals surface area contributed by atoms with Crippen molar-refractivity contribution in [3.63, 3.8) is 0 Å². The van der Waals surface area contributed by atoms with Crippen molar-refractivity contribution >= 4 is 10.9 Å². The molecule has 0 atom stereocenters. The summed E-state index contributed by atoms with van der Waals surface area (Å²) in [5.74, 6) is 0. The lowest BCUT2D eigenvalue weighted by atomic mass is 10.2. The van der Waals surface area contributed by atoms with E-state index in [1.54, 1.807) is 24.3 Å². The van der Waals surface area contributed by atoms with Gasteiger partial charge < -0.3 is 10.1 Å². The second-order valence-electron chi connectivity index (χ2n) is 4.22. The van der Waals surface area contributed by atoms with Crippen LogP contribution in [0.1, 0.15) is 19.3 Å². The zero-order chi connectivity index (χ0) is 13.0. The molecule has 2 aromatic rings. The molecular formula is C13H16N2O3. The second-order valence-corrected chi connectivity index (χ2v) is 4.22. The lowest BCUT2D eigenvalue weighted by molar-refractivity contribution is 0.281. The number of unbranched alkanes of at least 4 members (excludes halogenated alkanes) is 2. The van der Waals surface area contributed by atoms with Gasteiger partial charge in [0.15, 0.2) is 0 Å². The van der Waals surface area contributed by atoms with Crippen molar-refractivity contribution in [1.29, 1.82) is 0 Å². The maximum absolute atomic E-state index is 12.1. The highest BCUT2D eigenvalue weighted by molar-refractivity contribution is 5.76. The van der Waals surface area contributed by atoms with Crippen molar-refractivity contribution in [1.82, 2.24) is 9.55 Å². The molecule has 0 spiro atoms. The van der Waals surface area contributed by atoms with Gasteiger partial charge in [-0.25, -0.2) is 4.79 Å². The third-order valence-electron chi connectivity index (χ3n) is 2.93. The summed E-state index contributed by atoms with van der Waals surface area (Å²) in [6.07, 6.45) is 2.21. The predicted octanol–water partition coefficient (Wildman–Crippen LogP) is 0.852. The molecule has 96 valence electrons. The molecule has 0 aliphatic rings. The number of nitrogens with zero attached hydrogens (tertiary/aromatic N) is 1. The van der Waals surface area contributed by atoms with Crippen LogP contribution in [-0.2, 0) is 6.54 Å². The van der Waals surface area contributed by atoms with Crippen LogP contribution in [0, 0.1) is 0 Å². The SMILES string of the molecule is O=c1[nH]c2ccccc2c(=O)n1CCCCCO. The number of aliphatic hydroxyl groups excluding tert-OH is 1. The fraction of sp³-hybridized carbons (Fsp3) is 0.385. The van der Waals surface area contributed by atoms with E-state index < -0.39 is 0 Å². The number of hydrogen-bond donors (Lipinski definition) is 2. The van der Waals surface area contributed by atoms with Crippen LogP contribution in [0.5, 0.6) is 0 Å². The van der Waals surface area contributed by atoms with Gasteiger partial charge in [0, 0.05) is 13.2 Å². The van der Waals surface area contributed by atoms with Gasteiger partial charge in [0.05, 0.1) is 10.9 Å². The van der Waals surface area contributed by atoms with E-state index in [-0.39, 0.29) is 17.9 Å².